The molecule has 0 fully saturated rings. The number of thiazole rings is 1. The average Bonchev–Trinajstić information content (AvgIpc) is 3.04. The van der Waals surface area contributed by atoms with Gasteiger partial charge in [0.15, 0.2) is 0 Å². The summed E-state index contributed by atoms with van der Waals surface area (Å²) in [6.07, 6.45) is 1.73. The monoisotopic (exact) mass is 344 g/mol. The Kier molecular flexibility index (Phi) is 4.19. The molecule has 0 atom stereocenters. The Morgan fingerprint density at radius 3 is 2.65 bits per heavy atom. The van der Waals surface area contributed by atoms with Gasteiger partial charge in [-0.25, -0.2) is 13.4 Å². The molecule has 1 heterocycles. The van der Waals surface area contributed by atoms with E-state index in [0.29, 0.717) is 10.6 Å². The summed E-state index contributed by atoms with van der Waals surface area (Å²) in [5.74, 6) is 0. The highest BCUT2D eigenvalue weighted by molar-refractivity contribution is 7.92. The van der Waals surface area contributed by atoms with Gasteiger partial charge in [-0.2, -0.15) is 0 Å². The van der Waals surface area contributed by atoms with Gasteiger partial charge in [0, 0.05) is 22.8 Å². The molecule has 0 aliphatic carbocycles. The Hall–Kier alpha value is -2.18. The number of hydrogen-bond acceptors (Lipinski definition) is 4. The van der Waals surface area contributed by atoms with Gasteiger partial charge in [-0.05, 0) is 43.2 Å². The molecule has 4 nitrogen and oxygen atoms in total. The molecule has 2 aromatic carbocycles. The van der Waals surface area contributed by atoms with Crippen LogP contribution in [0.15, 0.2) is 58.9 Å². The third kappa shape index (κ3) is 3.43. The number of benzene rings is 2. The van der Waals surface area contributed by atoms with Crippen molar-refractivity contribution in [3.05, 3.63) is 65.2 Å². The van der Waals surface area contributed by atoms with Crippen LogP contribution in [0.5, 0.6) is 0 Å². The first-order chi connectivity index (χ1) is 11.0. The lowest BCUT2D eigenvalue weighted by Gasteiger charge is -2.11. The molecule has 6 heteroatoms. The van der Waals surface area contributed by atoms with E-state index in [1.807, 2.05) is 36.6 Å². The lowest BCUT2D eigenvalue weighted by atomic mass is 10.2. The number of rotatable bonds is 4. The molecular formula is C17H16N2O2S2. The van der Waals surface area contributed by atoms with Crippen molar-refractivity contribution < 1.29 is 8.42 Å². The predicted molar refractivity (Wildman–Crippen MR) is 94.3 cm³/mol. The van der Waals surface area contributed by atoms with E-state index in [1.54, 1.807) is 31.3 Å². The average molecular weight is 344 g/mol. The van der Waals surface area contributed by atoms with Crippen molar-refractivity contribution in [2.45, 2.75) is 18.7 Å². The number of aryl methyl sites for hydroxylation is 2. The minimum Gasteiger partial charge on any atom is -0.280 e. The maximum Gasteiger partial charge on any atom is 0.262 e. The molecule has 0 aliphatic rings. The van der Waals surface area contributed by atoms with Crippen LogP contribution in [0.3, 0.4) is 0 Å². The first-order valence-electron chi connectivity index (χ1n) is 7.06. The van der Waals surface area contributed by atoms with E-state index in [9.17, 15) is 8.42 Å². The van der Waals surface area contributed by atoms with E-state index < -0.39 is 10.0 Å². The fourth-order valence-corrected chi connectivity index (χ4v) is 4.30. The van der Waals surface area contributed by atoms with Crippen molar-refractivity contribution in [1.29, 1.82) is 0 Å². The van der Waals surface area contributed by atoms with Crippen LogP contribution in [-0.4, -0.2) is 13.4 Å². The van der Waals surface area contributed by atoms with Crippen molar-refractivity contribution >= 4 is 27.0 Å². The molecule has 0 bridgehead atoms. The van der Waals surface area contributed by atoms with E-state index in [0.717, 1.165) is 21.7 Å². The minimum absolute atomic E-state index is 0.303. The number of sulfonamides is 1. The van der Waals surface area contributed by atoms with Gasteiger partial charge >= 0.3 is 0 Å². The van der Waals surface area contributed by atoms with Crippen LogP contribution >= 0.6 is 11.3 Å². The zero-order chi connectivity index (χ0) is 16.4. The van der Waals surface area contributed by atoms with Gasteiger partial charge in [-0.1, -0.05) is 24.3 Å². The van der Waals surface area contributed by atoms with Crippen molar-refractivity contribution in [1.82, 2.24) is 4.98 Å². The smallest absolute Gasteiger partial charge is 0.262 e. The fourth-order valence-electron chi connectivity index (χ4n) is 2.29. The summed E-state index contributed by atoms with van der Waals surface area (Å²) < 4.78 is 28.0. The molecular weight excluding hydrogens is 328 g/mol. The first-order valence-corrected chi connectivity index (χ1v) is 9.42. The number of nitrogens with one attached hydrogen (secondary N) is 1. The topological polar surface area (TPSA) is 59.1 Å². The Labute approximate surface area is 139 Å². The maximum absolute atomic E-state index is 12.6. The number of aromatic nitrogens is 1. The van der Waals surface area contributed by atoms with Crippen LogP contribution in [0.1, 0.15) is 11.1 Å². The van der Waals surface area contributed by atoms with Crippen molar-refractivity contribution in [3.63, 3.8) is 0 Å². The lowest BCUT2D eigenvalue weighted by Crippen LogP contribution is -2.14. The van der Waals surface area contributed by atoms with E-state index in [1.165, 1.54) is 11.3 Å². The van der Waals surface area contributed by atoms with Gasteiger partial charge in [-0.3, -0.25) is 4.72 Å². The first kappa shape index (κ1) is 15.7. The van der Waals surface area contributed by atoms with Gasteiger partial charge in [0.1, 0.15) is 5.01 Å². The Morgan fingerprint density at radius 2 is 1.91 bits per heavy atom. The number of hydrogen-bond donors (Lipinski definition) is 1. The number of nitrogens with zero attached hydrogens (tertiary/aromatic N) is 1. The van der Waals surface area contributed by atoms with Gasteiger partial charge < -0.3 is 0 Å². The predicted octanol–water partition coefficient (Wildman–Crippen LogP) is 4.23. The second-order valence-electron chi connectivity index (χ2n) is 5.29. The highest BCUT2D eigenvalue weighted by Crippen LogP contribution is 2.26. The summed E-state index contributed by atoms with van der Waals surface area (Å²) in [4.78, 5) is 4.55. The second-order valence-corrected chi connectivity index (χ2v) is 7.84. The molecule has 0 saturated heterocycles. The summed E-state index contributed by atoms with van der Waals surface area (Å²) in [5, 5.41) is 2.75. The maximum atomic E-state index is 12.6. The molecule has 0 radical (unpaired) electrons. The van der Waals surface area contributed by atoms with E-state index in [2.05, 4.69) is 9.71 Å². The third-order valence-electron chi connectivity index (χ3n) is 3.43. The van der Waals surface area contributed by atoms with E-state index in [4.69, 9.17) is 0 Å². The molecule has 3 rings (SSSR count). The quantitative estimate of drug-likeness (QED) is 0.770. The molecule has 1 aromatic heterocycles. The zero-order valence-corrected chi connectivity index (χ0v) is 14.4. The van der Waals surface area contributed by atoms with Crippen LogP contribution in [0.2, 0.25) is 0 Å². The van der Waals surface area contributed by atoms with Gasteiger partial charge in [0.2, 0.25) is 0 Å². The van der Waals surface area contributed by atoms with Gasteiger partial charge in [0.25, 0.3) is 10.0 Å². The summed E-state index contributed by atoms with van der Waals surface area (Å²) in [5.41, 5.74) is 3.05. The molecule has 0 aliphatic heterocycles. The minimum atomic E-state index is -3.62. The summed E-state index contributed by atoms with van der Waals surface area (Å²) in [7, 11) is -3.62. The van der Waals surface area contributed by atoms with E-state index in [-0.39, 0.29) is 0 Å². The van der Waals surface area contributed by atoms with Crippen molar-refractivity contribution in [3.8, 4) is 10.6 Å². The van der Waals surface area contributed by atoms with Crippen LogP contribution in [0.25, 0.3) is 10.6 Å². The SMILES string of the molecule is Cc1ccc(C)c(S(=O)(=O)Nc2cccc(-c3nccs3)c2)c1. The number of anilines is 1. The van der Waals surface area contributed by atoms with E-state index >= 15 is 0 Å². The van der Waals surface area contributed by atoms with Crippen LogP contribution in [-0.2, 0) is 10.0 Å². The van der Waals surface area contributed by atoms with Crippen LogP contribution in [0.4, 0.5) is 5.69 Å². The van der Waals surface area contributed by atoms with Crippen molar-refractivity contribution in [2.75, 3.05) is 4.72 Å². The molecule has 23 heavy (non-hydrogen) atoms. The fraction of sp³-hybridized carbons (Fsp3) is 0.118. The summed E-state index contributed by atoms with van der Waals surface area (Å²) in [6.45, 7) is 3.67. The Morgan fingerprint density at radius 1 is 1.09 bits per heavy atom. The molecule has 0 saturated carbocycles. The molecule has 0 spiro atoms. The van der Waals surface area contributed by atoms with Crippen molar-refractivity contribution in [2.24, 2.45) is 0 Å². The lowest BCUT2D eigenvalue weighted by molar-refractivity contribution is 0.600. The summed E-state index contributed by atoms with van der Waals surface area (Å²) >= 11 is 1.52. The summed E-state index contributed by atoms with van der Waals surface area (Å²) in [6, 6.07) is 12.7. The molecule has 0 unspecified atom stereocenters. The Balaban J connectivity index is 1.95. The Bertz CT molecular complexity index is 933. The van der Waals surface area contributed by atoms with Crippen LogP contribution < -0.4 is 4.72 Å². The second kappa shape index (κ2) is 6.14. The highest BCUT2D eigenvalue weighted by Gasteiger charge is 2.17. The molecule has 0 amide bonds. The molecule has 1 N–H and O–H groups in total. The molecule has 3 aromatic rings. The largest absolute Gasteiger partial charge is 0.280 e. The highest BCUT2D eigenvalue weighted by atomic mass is 32.2. The normalized spacial score (nSPS) is 11.4. The molecule has 118 valence electrons. The standard InChI is InChI=1S/C17H16N2O2S2/c1-12-6-7-13(2)16(10-12)23(20,21)19-15-5-3-4-14(11-15)17-18-8-9-22-17/h3-11,19H,1-2H3. The zero-order valence-electron chi connectivity index (χ0n) is 12.8. The van der Waals surface area contributed by atoms with Crippen LogP contribution in [0, 0.1) is 13.8 Å². The van der Waals surface area contributed by atoms with Gasteiger partial charge in [-0.15, -0.1) is 11.3 Å². The van der Waals surface area contributed by atoms with Gasteiger partial charge in [0.05, 0.1) is 4.90 Å². The third-order valence-corrected chi connectivity index (χ3v) is 5.77.